The van der Waals surface area contributed by atoms with Crippen LogP contribution in [0.25, 0.3) is 0 Å². The summed E-state index contributed by atoms with van der Waals surface area (Å²) in [6.07, 6.45) is 0.294. The monoisotopic (exact) mass is 529 g/mol. The summed E-state index contributed by atoms with van der Waals surface area (Å²) < 4.78 is 18.2. The maximum absolute atomic E-state index is 12.9. The summed E-state index contributed by atoms with van der Waals surface area (Å²) in [5, 5.41) is 0. The van der Waals surface area contributed by atoms with E-state index in [1.54, 1.807) is 0 Å². The summed E-state index contributed by atoms with van der Waals surface area (Å²) in [4.78, 5) is 29.4. The molecule has 1 saturated heterocycles. The average molecular weight is 530 g/mol. The summed E-state index contributed by atoms with van der Waals surface area (Å²) in [6, 6.07) is 29.2. The number of carbonyl (C=O) groups excluding carboxylic acids is 2. The normalized spacial score (nSPS) is 27.4. The van der Waals surface area contributed by atoms with Crippen molar-refractivity contribution in [3.8, 4) is 5.75 Å². The van der Waals surface area contributed by atoms with E-state index in [-0.39, 0.29) is 52.8 Å². The lowest BCUT2D eigenvalue weighted by Gasteiger charge is -2.33. The number of hydrogen-bond acceptors (Lipinski definition) is 5. The molecule has 5 nitrogen and oxygen atoms in total. The van der Waals surface area contributed by atoms with Crippen molar-refractivity contribution in [2.24, 2.45) is 23.2 Å². The van der Waals surface area contributed by atoms with Gasteiger partial charge < -0.3 is 14.2 Å². The molecule has 6 atom stereocenters. The third-order valence-corrected chi connectivity index (χ3v) is 10.7. The molecule has 1 aliphatic heterocycles. The minimum absolute atomic E-state index is 0.0429. The van der Waals surface area contributed by atoms with Crippen molar-refractivity contribution in [2.45, 2.75) is 66.6 Å². The van der Waals surface area contributed by atoms with Crippen molar-refractivity contribution in [1.29, 1.82) is 0 Å². The van der Waals surface area contributed by atoms with E-state index < -0.39 is 11.5 Å². The Morgan fingerprint density at radius 1 is 0.868 bits per heavy atom. The second-order valence-electron chi connectivity index (χ2n) is 11.1. The first kappa shape index (κ1) is 25.1. The van der Waals surface area contributed by atoms with Gasteiger partial charge in [0, 0.05) is 11.8 Å². The first-order chi connectivity index (χ1) is 18.4. The van der Waals surface area contributed by atoms with E-state index >= 15 is 0 Å². The van der Waals surface area contributed by atoms with E-state index in [1.165, 1.54) is 14.7 Å². The Hall–Kier alpha value is -3.25. The van der Waals surface area contributed by atoms with Gasteiger partial charge in [-0.15, -0.1) is 0 Å². The molecule has 0 radical (unpaired) electrons. The van der Waals surface area contributed by atoms with Gasteiger partial charge in [0.05, 0.1) is 16.3 Å². The van der Waals surface area contributed by atoms with Crippen LogP contribution in [0.1, 0.15) is 33.6 Å². The molecule has 2 bridgehead atoms. The van der Waals surface area contributed by atoms with Crippen molar-refractivity contribution >= 4 is 22.8 Å². The minimum Gasteiger partial charge on any atom is -0.489 e. The van der Waals surface area contributed by atoms with E-state index in [2.05, 4.69) is 60.7 Å². The highest BCUT2D eigenvalue weighted by Crippen LogP contribution is 2.57. The molecule has 3 fully saturated rings. The Morgan fingerprint density at radius 2 is 1.45 bits per heavy atom. The number of fused-ring (bicyclic) bond motifs is 1. The molecule has 1 heterocycles. The van der Waals surface area contributed by atoms with E-state index in [9.17, 15) is 9.59 Å². The van der Waals surface area contributed by atoms with Gasteiger partial charge in [0.1, 0.15) is 30.0 Å². The number of benzene rings is 3. The highest BCUT2D eigenvalue weighted by atomic mass is 32.2. The molecule has 3 aromatic rings. The van der Waals surface area contributed by atoms with Crippen molar-refractivity contribution in [1.82, 2.24) is 0 Å². The van der Waals surface area contributed by atoms with Gasteiger partial charge in [0.15, 0.2) is 14.7 Å². The van der Waals surface area contributed by atoms with E-state index in [1.807, 2.05) is 45.0 Å². The largest absolute Gasteiger partial charge is 0.489 e. The fourth-order valence-corrected chi connectivity index (χ4v) is 8.09. The van der Waals surface area contributed by atoms with Crippen LogP contribution in [0, 0.1) is 23.2 Å². The summed E-state index contributed by atoms with van der Waals surface area (Å²) in [7, 11) is -0.245. The fraction of sp³-hybridized carbons (Fsp3) is 0.375. The Labute approximate surface area is 226 Å². The van der Waals surface area contributed by atoms with Gasteiger partial charge >= 0.3 is 11.9 Å². The van der Waals surface area contributed by atoms with E-state index in [4.69, 9.17) is 14.2 Å². The molecule has 0 spiro atoms. The smallest absolute Gasteiger partial charge is 0.313 e. The van der Waals surface area contributed by atoms with Crippen LogP contribution in [0.3, 0.4) is 0 Å². The van der Waals surface area contributed by atoms with Gasteiger partial charge in [-0.25, -0.2) is 0 Å². The van der Waals surface area contributed by atoms with E-state index in [0.29, 0.717) is 12.2 Å². The van der Waals surface area contributed by atoms with Crippen LogP contribution >= 0.6 is 0 Å². The molecule has 2 aliphatic carbocycles. The Kier molecular flexibility index (Phi) is 6.47. The highest BCUT2D eigenvalue weighted by Gasteiger charge is 2.69. The SMILES string of the molecule is CCC(C)(C)C(=O)OC1C2CC3C1OC(=O)C3C2Oc1ccc([S+](c2ccccc2)c2ccccc2)cc1. The van der Waals surface area contributed by atoms with Crippen LogP contribution in [0.5, 0.6) is 5.75 Å². The van der Waals surface area contributed by atoms with Crippen LogP contribution in [-0.2, 0) is 30.0 Å². The van der Waals surface area contributed by atoms with Crippen LogP contribution in [0.15, 0.2) is 99.6 Å². The summed E-state index contributed by atoms with van der Waals surface area (Å²) in [5.41, 5.74) is -0.579. The van der Waals surface area contributed by atoms with Crippen LogP contribution in [0.2, 0.25) is 0 Å². The molecular formula is C32H33O5S+. The molecule has 6 rings (SSSR count). The van der Waals surface area contributed by atoms with Crippen molar-refractivity contribution in [3.05, 3.63) is 84.9 Å². The third kappa shape index (κ3) is 4.29. The molecule has 0 aromatic heterocycles. The molecule has 3 aromatic carbocycles. The number of carbonyl (C=O) groups is 2. The maximum Gasteiger partial charge on any atom is 0.313 e. The molecular weight excluding hydrogens is 496 g/mol. The van der Waals surface area contributed by atoms with Gasteiger partial charge in [0.25, 0.3) is 0 Å². The molecule has 0 amide bonds. The minimum atomic E-state index is -0.579. The second-order valence-corrected chi connectivity index (χ2v) is 13.1. The Morgan fingerprint density at radius 3 is 2.03 bits per heavy atom. The lowest BCUT2D eigenvalue weighted by Crippen LogP contribution is -2.46. The molecule has 0 N–H and O–H groups in total. The van der Waals surface area contributed by atoms with Gasteiger partial charge in [0.2, 0.25) is 0 Å². The zero-order valence-electron chi connectivity index (χ0n) is 21.9. The number of ether oxygens (including phenoxy) is 3. The summed E-state index contributed by atoms with van der Waals surface area (Å²) >= 11 is 0. The standard InChI is InChI=1S/C32H33O5S/c1-4-32(2,3)31(34)37-29-25-19-24-26(30(33)36-28(24)29)27(25)35-20-15-17-23(18-16-20)38(21-11-7-5-8-12-21)22-13-9-6-10-14-22/h5-18,24-29H,4,19H2,1-3H3/q+1. The highest BCUT2D eigenvalue weighted by molar-refractivity contribution is 7.97. The van der Waals surface area contributed by atoms with E-state index in [0.717, 1.165) is 6.42 Å². The van der Waals surface area contributed by atoms with Crippen LogP contribution in [-0.4, -0.2) is 30.3 Å². The zero-order valence-corrected chi connectivity index (χ0v) is 22.7. The van der Waals surface area contributed by atoms with Gasteiger partial charge in [-0.3, -0.25) is 9.59 Å². The first-order valence-electron chi connectivity index (χ1n) is 13.4. The lowest BCUT2D eigenvalue weighted by atomic mass is 9.84. The van der Waals surface area contributed by atoms with Crippen molar-refractivity contribution in [3.63, 3.8) is 0 Å². The molecule has 3 aliphatic rings. The van der Waals surface area contributed by atoms with Crippen LogP contribution < -0.4 is 4.74 Å². The maximum atomic E-state index is 12.9. The molecule has 6 unspecified atom stereocenters. The number of rotatable bonds is 8. The predicted octanol–water partition coefficient (Wildman–Crippen LogP) is 6.07. The number of hydrogen-bond donors (Lipinski definition) is 0. The quantitative estimate of drug-likeness (QED) is 0.262. The van der Waals surface area contributed by atoms with Crippen molar-refractivity contribution in [2.75, 3.05) is 0 Å². The second kappa shape index (κ2) is 9.81. The fourth-order valence-electron chi connectivity index (χ4n) is 6.00. The predicted molar refractivity (Wildman–Crippen MR) is 145 cm³/mol. The zero-order chi connectivity index (χ0) is 26.4. The average Bonchev–Trinajstić information content (AvgIpc) is 3.55. The topological polar surface area (TPSA) is 61.8 Å². The van der Waals surface area contributed by atoms with Crippen molar-refractivity contribution < 1.29 is 23.8 Å². The van der Waals surface area contributed by atoms with Crippen LogP contribution in [0.4, 0.5) is 0 Å². The molecule has 2 saturated carbocycles. The Bertz CT molecular complexity index is 1270. The summed E-state index contributed by atoms with van der Waals surface area (Å²) in [5.74, 6) is -0.0725. The van der Waals surface area contributed by atoms with Gasteiger partial charge in [-0.2, -0.15) is 0 Å². The lowest BCUT2D eigenvalue weighted by molar-refractivity contribution is -0.172. The molecule has 196 valence electrons. The molecule has 38 heavy (non-hydrogen) atoms. The number of esters is 2. The van der Waals surface area contributed by atoms with Gasteiger partial charge in [-0.1, -0.05) is 43.3 Å². The summed E-state index contributed by atoms with van der Waals surface area (Å²) in [6.45, 7) is 5.75. The van der Waals surface area contributed by atoms with Gasteiger partial charge in [-0.05, 0) is 75.2 Å². The molecule has 6 heteroatoms. The first-order valence-corrected chi connectivity index (χ1v) is 14.6. The third-order valence-electron chi connectivity index (χ3n) is 8.44. The Balaban J connectivity index is 1.24.